The van der Waals surface area contributed by atoms with Crippen molar-refractivity contribution < 1.29 is 62.6 Å². The van der Waals surface area contributed by atoms with Gasteiger partial charge < -0.3 is 60.7 Å². The molecule has 12 unspecified atom stereocenters. The molecule has 1 aliphatic rings. The third kappa shape index (κ3) is 22.0. The van der Waals surface area contributed by atoms with Gasteiger partial charge in [0.2, 0.25) is 59.1 Å². The smallest absolute Gasteiger partial charge is 0.251 e. The van der Waals surface area contributed by atoms with Crippen LogP contribution < -0.4 is 21.3 Å². The first kappa shape index (κ1) is 78.6. The summed E-state index contributed by atoms with van der Waals surface area (Å²) < 4.78 is 0. The topological polar surface area (TPSA) is 296 Å². The van der Waals surface area contributed by atoms with Crippen molar-refractivity contribution in [3.8, 4) is 0 Å². The van der Waals surface area contributed by atoms with Gasteiger partial charge in [-0.3, -0.25) is 57.5 Å². The molecule has 1 rings (SSSR count). The molecule has 0 aromatic carbocycles. The van der Waals surface area contributed by atoms with E-state index >= 15 is 14.4 Å². The number of rotatable bonds is 16. The van der Waals surface area contributed by atoms with Crippen LogP contribution in [0.1, 0.15) is 150 Å². The van der Waals surface area contributed by atoms with E-state index in [1.165, 1.54) is 82.8 Å². The minimum atomic E-state index is -1.84. The predicted octanol–water partition coefficient (Wildman–Crippen LogP) is 2.70. The Kier molecular flexibility index (Phi) is 32.1. The van der Waals surface area contributed by atoms with Crippen molar-refractivity contribution in [3.63, 3.8) is 0 Å². The molecule has 24 nitrogen and oxygen atoms in total. The molecule has 12 atom stereocenters. The van der Waals surface area contributed by atoms with Gasteiger partial charge in [-0.1, -0.05) is 109 Å². The number of allylic oxidation sites excluding steroid dienone is 2. The van der Waals surface area contributed by atoms with Crippen molar-refractivity contribution in [2.75, 3.05) is 62.5 Å². The van der Waals surface area contributed by atoms with Crippen LogP contribution in [0.2, 0.25) is 0 Å². The van der Waals surface area contributed by atoms with Crippen LogP contribution in [-0.2, 0) is 57.5 Å². The summed E-state index contributed by atoms with van der Waals surface area (Å²) in [6, 6.07) is -13.2. The fourth-order valence-electron chi connectivity index (χ4n) is 10.7. The first-order valence-electron chi connectivity index (χ1n) is 30.9. The highest BCUT2D eigenvalue weighted by molar-refractivity contribution is 6.10. The Morgan fingerprint density at radius 1 is 0.471 bits per heavy atom. The quantitative estimate of drug-likeness (QED) is 0.110. The Morgan fingerprint density at radius 3 is 1.36 bits per heavy atom. The molecule has 496 valence electrons. The van der Waals surface area contributed by atoms with E-state index in [1.54, 1.807) is 74.5 Å². The molecule has 0 aromatic heterocycles. The van der Waals surface area contributed by atoms with E-state index in [9.17, 15) is 48.3 Å². The summed E-state index contributed by atoms with van der Waals surface area (Å²) in [5.74, 6) is -12.5. The van der Waals surface area contributed by atoms with Crippen molar-refractivity contribution in [1.82, 2.24) is 55.6 Å². The second-order valence-electron chi connectivity index (χ2n) is 26.5. The van der Waals surface area contributed by atoms with Crippen molar-refractivity contribution in [2.24, 2.45) is 47.3 Å². The van der Waals surface area contributed by atoms with Crippen LogP contribution in [0.3, 0.4) is 0 Å². The van der Waals surface area contributed by atoms with Crippen molar-refractivity contribution in [2.45, 2.75) is 210 Å². The maximum Gasteiger partial charge on any atom is 0.251 e. The van der Waals surface area contributed by atoms with Crippen molar-refractivity contribution >= 4 is 70.8 Å². The van der Waals surface area contributed by atoms with Crippen LogP contribution in [0.4, 0.5) is 0 Å². The summed E-state index contributed by atoms with van der Waals surface area (Å²) in [5, 5.41) is 21.1. The van der Waals surface area contributed by atoms with Gasteiger partial charge in [0, 0.05) is 61.9 Å². The van der Waals surface area contributed by atoms with Crippen LogP contribution in [0, 0.1) is 47.3 Å². The van der Waals surface area contributed by atoms with E-state index in [0.717, 1.165) is 14.7 Å². The van der Waals surface area contributed by atoms with Crippen LogP contribution in [0.25, 0.3) is 0 Å². The van der Waals surface area contributed by atoms with Crippen LogP contribution >= 0.6 is 0 Å². The van der Waals surface area contributed by atoms with Gasteiger partial charge in [0.25, 0.3) is 5.91 Å². The number of carbonyl (C=O) groups excluding carboxylic acids is 12. The first-order valence-corrected chi connectivity index (χ1v) is 30.9. The maximum atomic E-state index is 15.2. The zero-order valence-electron chi connectivity index (χ0n) is 57.0. The molecule has 0 aliphatic carbocycles. The third-order valence-electron chi connectivity index (χ3n) is 16.3. The largest absolute Gasteiger partial charge is 0.396 e. The molecular formula is C63H111N11O13. The third-order valence-corrected chi connectivity index (χ3v) is 16.3. The average Bonchev–Trinajstić information content (AvgIpc) is 1.19. The number of likely N-dealkylation sites (N-methyl/N-ethyl adjacent to an activating group) is 7. The molecule has 0 bridgehead atoms. The summed E-state index contributed by atoms with van der Waals surface area (Å²) >= 11 is 0. The highest BCUT2D eigenvalue weighted by atomic mass is 16.3. The molecule has 1 fully saturated rings. The van der Waals surface area contributed by atoms with Gasteiger partial charge in [0.05, 0.1) is 6.54 Å². The Balaban J connectivity index is 4.40. The highest BCUT2D eigenvalue weighted by Gasteiger charge is 2.46. The van der Waals surface area contributed by atoms with E-state index in [1.807, 2.05) is 41.5 Å². The number of ketones is 1. The lowest BCUT2D eigenvalue weighted by Gasteiger charge is -2.41. The SMILES string of the molecule is C/C=C/CC(C)C(=O)C1C(=O)NC(C(C)C)C(=O)N(C)CC(=O)N(C)C(CC(C)C)C(=O)NC(C(C)C)C(=O)N(C)C(CC(C)C)C(=O)NC(C)C(=O)NC(C)C(=O)N(C)C(CC(C)CO)C(=O)N(C)C(CC(C)C)C(=O)N(C)C(C(C)C)C(=O)N1C. The number of aliphatic hydroxyl groups is 1. The molecule has 11 amide bonds. The molecule has 0 radical (unpaired) electrons. The van der Waals surface area contributed by atoms with Crippen LogP contribution in [0.5, 0.6) is 0 Å². The Morgan fingerprint density at radius 2 is 0.885 bits per heavy atom. The number of Topliss-reactive ketones (excluding diaryl/α,β-unsaturated/α-hetero) is 1. The average molecular weight is 1230 g/mol. The van der Waals surface area contributed by atoms with E-state index in [-0.39, 0.29) is 56.5 Å². The summed E-state index contributed by atoms with van der Waals surface area (Å²) in [6.07, 6.45) is 3.95. The van der Waals surface area contributed by atoms with E-state index < -0.39 is 167 Å². The summed E-state index contributed by atoms with van der Waals surface area (Å²) in [4.78, 5) is 183. The second-order valence-corrected chi connectivity index (χ2v) is 26.5. The minimum absolute atomic E-state index is 0.0760. The second kappa shape index (κ2) is 35.5. The number of carbonyl (C=O) groups is 12. The first-order chi connectivity index (χ1) is 40.1. The van der Waals surface area contributed by atoms with Gasteiger partial charge in [0.1, 0.15) is 54.4 Å². The van der Waals surface area contributed by atoms with Gasteiger partial charge in [-0.15, -0.1) is 0 Å². The molecule has 0 spiro atoms. The molecule has 1 aliphatic heterocycles. The standard InChI is InChI=1S/C63H111N11O13/c1-25-26-27-41(15)53(77)52-57(81)67-49(37(8)9)61(85)68(18)32-48(76)69(19)44(28-34(2)3)56(80)66-50(38(10)11)62(86)70(20)45(29-35(4)5)55(79)64-42(16)54(78)65-43(17)58(82)71(21)47(31-40(14)33-75)59(83)72(22)46(30-36(6)7)60(84)73(23)51(39(12)13)63(87)74(52)24/h25-26,34-47,49-52,75H,27-33H2,1-24H3,(H,64,79)(H,65,78)(H,66,80)(H,67,81)/b26-25+. The molecule has 0 aromatic rings. The Labute approximate surface area is 519 Å². The van der Waals surface area contributed by atoms with Crippen molar-refractivity contribution in [3.05, 3.63) is 12.2 Å². The van der Waals surface area contributed by atoms with Gasteiger partial charge >= 0.3 is 0 Å². The lowest BCUT2D eigenvalue weighted by atomic mass is 9.92. The van der Waals surface area contributed by atoms with Crippen LogP contribution in [0.15, 0.2) is 12.2 Å². The molecule has 1 saturated heterocycles. The van der Waals surface area contributed by atoms with Gasteiger partial charge in [0.15, 0.2) is 11.8 Å². The van der Waals surface area contributed by atoms with E-state index in [4.69, 9.17) is 0 Å². The maximum absolute atomic E-state index is 15.2. The Bertz CT molecular complexity index is 2430. The van der Waals surface area contributed by atoms with Crippen LogP contribution in [-0.4, -0.2) is 233 Å². The number of nitrogens with zero attached hydrogens (tertiary/aromatic N) is 7. The number of aliphatic hydroxyl groups excluding tert-OH is 1. The molecule has 0 saturated carbocycles. The van der Waals surface area contributed by atoms with Gasteiger partial charge in [-0.25, -0.2) is 0 Å². The lowest BCUT2D eigenvalue weighted by molar-refractivity contribution is -0.157. The zero-order valence-corrected chi connectivity index (χ0v) is 57.0. The molecule has 1 heterocycles. The van der Waals surface area contributed by atoms with E-state index in [2.05, 4.69) is 21.3 Å². The normalized spacial score (nSPS) is 26.5. The zero-order chi connectivity index (χ0) is 67.6. The summed E-state index contributed by atoms with van der Waals surface area (Å²) in [7, 11) is 9.60. The van der Waals surface area contributed by atoms with E-state index in [0.29, 0.717) is 0 Å². The fourth-order valence-corrected chi connectivity index (χ4v) is 10.7. The predicted molar refractivity (Wildman–Crippen MR) is 333 cm³/mol. The molecule has 87 heavy (non-hydrogen) atoms. The molecule has 5 N–H and O–H groups in total. The van der Waals surface area contributed by atoms with Crippen molar-refractivity contribution in [1.29, 1.82) is 0 Å². The monoisotopic (exact) mass is 1230 g/mol. The van der Waals surface area contributed by atoms with Gasteiger partial charge in [-0.2, -0.15) is 0 Å². The number of hydrogen-bond acceptors (Lipinski definition) is 13. The summed E-state index contributed by atoms with van der Waals surface area (Å²) in [5.41, 5.74) is 0. The molecule has 24 heteroatoms. The fraction of sp³-hybridized carbons (Fsp3) is 0.778. The van der Waals surface area contributed by atoms with Gasteiger partial charge in [-0.05, 0) is 94.3 Å². The number of hydrogen-bond donors (Lipinski definition) is 5. The summed E-state index contributed by atoms with van der Waals surface area (Å²) in [6.45, 7) is 28.1. The Hall–Kier alpha value is -6.46. The lowest BCUT2D eigenvalue weighted by Crippen LogP contribution is -2.63. The molecular weight excluding hydrogens is 1120 g/mol. The number of nitrogens with one attached hydrogen (secondary N) is 4. The number of amides is 11. The minimum Gasteiger partial charge on any atom is -0.396 e. The highest BCUT2D eigenvalue weighted by Crippen LogP contribution is 2.25.